The third-order valence-electron chi connectivity index (χ3n) is 4.50. The SMILES string of the molecule is CN(CCC(=O)O)CC(=O)NCc1ccccc1S(=O)(=O)N1CCCCC1. The lowest BCUT2D eigenvalue weighted by Gasteiger charge is -2.27. The number of carboxylic acid groups (broad SMARTS) is 1. The van der Waals surface area contributed by atoms with Gasteiger partial charge in [-0.2, -0.15) is 4.31 Å². The number of nitrogens with one attached hydrogen (secondary N) is 1. The normalized spacial score (nSPS) is 15.6. The number of nitrogens with zero attached hydrogens (tertiary/aromatic N) is 2. The van der Waals surface area contributed by atoms with Crippen molar-refractivity contribution in [2.24, 2.45) is 0 Å². The van der Waals surface area contributed by atoms with Crippen LogP contribution in [0.2, 0.25) is 0 Å². The van der Waals surface area contributed by atoms with Gasteiger partial charge in [-0.05, 0) is 31.5 Å². The molecule has 1 aromatic carbocycles. The maximum atomic E-state index is 12.9. The van der Waals surface area contributed by atoms with Crippen LogP contribution in [0.3, 0.4) is 0 Å². The highest BCUT2D eigenvalue weighted by molar-refractivity contribution is 7.89. The number of hydrogen-bond donors (Lipinski definition) is 2. The molecule has 0 aromatic heterocycles. The Hall–Kier alpha value is -1.97. The van der Waals surface area contributed by atoms with E-state index in [1.165, 1.54) is 4.31 Å². The maximum absolute atomic E-state index is 12.9. The lowest BCUT2D eigenvalue weighted by molar-refractivity contribution is -0.137. The van der Waals surface area contributed by atoms with Crippen LogP contribution in [0.4, 0.5) is 0 Å². The highest BCUT2D eigenvalue weighted by atomic mass is 32.2. The summed E-state index contributed by atoms with van der Waals surface area (Å²) in [6, 6.07) is 6.70. The summed E-state index contributed by atoms with van der Waals surface area (Å²) >= 11 is 0. The predicted molar refractivity (Wildman–Crippen MR) is 101 cm³/mol. The van der Waals surface area contributed by atoms with E-state index in [0.717, 1.165) is 19.3 Å². The molecule has 1 saturated heterocycles. The first-order chi connectivity index (χ1) is 12.8. The molecule has 1 amide bonds. The number of amides is 1. The van der Waals surface area contributed by atoms with E-state index in [1.54, 1.807) is 36.2 Å². The fourth-order valence-electron chi connectivity index (χ4n) is 3.01. The molecule has 1 fully saturated rings. The molecule has 27 heavy (non-hydrogen) atoms. The minimum absolute atomic E-state index is 0.0410. The van der Waals surface area contributed by atoms with Crippen molar-refractivity contribution in [3.63, 3.8) is 0 Å². The fraction of sp³-hybridized carbons (Fsp3) is 0.556. The van der Waals surface area contributed by atoms with Gasteiger partial charge in [-0.15, -0.1) is 0 Å². The number of aliphatic carboxylic acids is 1. The number of carboxylic acids is 1. The molecule has 150 valence electrons. The number of carbonyl (C=O) groups excluding carboxylic acids is 1. The van der Waals surface area contributed by atoms with Crippen molar-refractivity contribution in [2.45, 2.75) is 37.1 Å². The van der Waals surface area contributed by atoms with E-state index in [-0.39, 0.29) is 36.9 Å². The van der Waals surface area contributed by atoms with Crippen LogP contribution in [0.5, 0.6) is 0 Å². The first-order valence-corrected chi connectivity index (χ1v) is 10.5. The molecule has 8 nitrogen and oxygen atoms in total. The average Bonchev–Trinajstić information content (AvgIpc) is 2.65. The Kier molecular flexibility index (Phi) is 7.76. The van der Waals surface area contributed by atoms with Gasteiger partial charge in [0, 0.05) is 26.2 Å². The molecule has 9 heteroatoms. The number of piperidine rings is 1. The van der Waals surface area contributed by atoms with Crippen molar-refractivity contribution in [2.75, 3.05) is 33.2 Å². The van der Waals surface area contributed by atoms with Crippen LogP contribution in [0, 0.1) is 0 Å². The van der Waals surface area contributed by atoms with Gasteiger partial charge in [-0.1, -0.05) is 24.6 Å². The summed E-state index contributed by atoms with van der Waals surface area (Å²) in [5.74, 6) is -1.20. The van der Waals surface area contributed by atoms with Crippen molar-refractivity contribution < 1.29 is 23.1 Å². The zero-order chi connectivity index (χ0) is 19.9. The third kappa shape index (κ3) is 6.30. The second-order valence-electron chi connectivity index (χ2n) is 6.73. The monoisotopic (exact) mass is 397 g/mol. The van der Waals surface area contributed by atoms with Gasteiger partial charge < -0.3 is 10.4 Å². The molecule has 0 unspecified atom stereocenters. The van der Waals surface area contributed by atoms with Gasteiger partial charge in [0.05, 0.1) is 17.9 Å². The summed E-state index contributed by atoms with van der Waals surface area (Å²) in [6.45, 7) is 1.47. The Labute approximate surface area is 160 Å². The van der Waals surface area contributed by atoms with Crippen LogP contribution in [0.1, 0.15) is 31.2 Å². The van der Waals surface area contributed by atoms with Crippen molar-refractivity contribution in [1.29, 1.82) is 0 Å². The van der Waals surface area contributed by atoms with Gasteiger partial charge >= 0.3 is 5.97 Å². The van der Waals surface area contributed by atoms with Crippen molar-refractivity contribution in [3.05, 3.63) is 29.8 Å². The second-order valence-corrected chi connectivity index (χ2v) is 8.64. The Balaban J connectivity index is 1.99. The lowest BCUT2D eigenvalue weighted by Crippen LogP contribution is -2.37. The predicted octanol–water partition coefficient (Wildman–Crippen LogP) is 0.884. The molecule has 0 atom stereocenters. The first-order valence-electron chi connectivity index (χ1n) is 9.06. The highest BCUT2D eigenvalue weighted by Gasteiger charge is 2.27. The van der Waals surface area contributed by atoms with Gasteiger partial charge in [0.2, 0.25) is 15.9 Å². The van der Waals surface area contributed by atoms with Crippen LogP contribution in [0.25, 0.3) is 0 Å². The Bertz CT molecular complexity index is 760. The summed E-state index contributed by atoms with van der Waals surface area (Å²) in [5, 5.41) is 11.4. The van der Waals surface area contributed by atoms with E-state index in [1.807, 2.05) is 0 Å². The number of sulfonamides is 1. The molecule has 2 N–H and O–H groups in total. The van der Waals surface area contributed by atoms with E-state index in [2.05, 4.69) is 5.32 Å². The summed E-state index contributed by atoms with van der Waals surface area (Å²) < 4.78 is 27.4. The van der Waals surface area contributed by atoms with Crippen LogP contribution in [0.15, 0.2) is 29.2 Å². The molecule has 0 radical (unpaired) electrons. The van der Waals surface area contributed by atoms with Gasteiger partial charge in [-0.25, -0.2) is 8.42 Å². The summed E-state index contributed by atoms with van der Waals surface area (Å²) in [6.07, 6.45) is 2.72. The third-order valence-corrected chi connectivity index (χ3v) is 6.50. The number of benzene rings is 1. The Morgan fingerprint density at radius 2 is 1.85 bits per heavy atom. The van der Waals surface area contributed by atoms with Crippen LogP contribution >= 0.6 is 0 Å². The van der Waals surface area contributed by atoms with Crippen molar-refractivity contribution >= 4 is 21.9 Å². The molecule has 0 bridgehead atoms. The molecule has 1 aromatic rings. The number of carbonyl (C=O) groups is 2. The zero-order valence-electron chi connectivity index (χ0n) is 15.6. The highest BCUT2D eigenvalue weighted by Crippen LogP contribution is 2.23. The standard InChI is InChI=1S/C18H27N3O5S/c1-20(12-9-18(23)24)14-17(22)19-13-15-7-3-4-8-16(15)27(25,26)21-10-5-2-6-11-21/h3-4,7-8H,2,5-6,9-14H2,1H3,(H,19,22)(H,23,24). The fourth-order valence-corrected chi connectivity index (χ4v) is 4.75. The molecule has 2 rings (SSSR count). The maximum Gasteiger partial charge on any atom is 0.304 e. The minimum Gasteiger partial charge on any atom is -0.481 e. The molecule has 0 spiro atoms. The zero-order valence-corrected chi connectivity index (χ0v) is 16.4. The average molecular weight is 397 g/mol. The van der Waals surface area contributed by atoms with E-state index in [4.69, 9.17) is 5.11 Å². The summed E-state index contributed by atoms with van der Waals surface area (Å²) in [4.78, 5) is 24.5. The molecule has 1 heterocycles. The molecule has 1 aliphatic rings. The van der Waals surface area contributed by atoms with E-state index in [9.17, 15) is 18.0 Å². The van der Waals surface area contributed by atoms with E-state index >= 15 is 0 Å². The van der Waals surface area contributed by atoms with Crippen molar-refractivity contribution in [1.82, 2.24) is 14.5 Å². The topological polar surface area (TPSA) is 107 Å². The van der Waals surface area contributed by atoms with Crippen LogP contribution < -0.4 is 5.32 Å². The number of likely N-dealkylation sites (N-methyl/N-ethyl adjacent to an activating group) is 1. The van der Waals surface area contributed by atoms with Gasteiger partial charge in [0.15, 0.2) is 0 Å². The van der Waals surface area contributed by atoms with E-state index < -0.39 is 16.0 Å². The van der Waals surface area contributed by atoms with Gasteiger partial charge in [0.1, 0.15) is 0 Å². The second kappa shape index (κ2) is 9.82. The molecular formula is C18H27N3O5S. The minimum atomic E-state index is -3.58. The summed E-state index contributed by atoms with van der Waals surface area (Å²) in [7, 11) is -1.91. The van der Waals surface area contributed by atoms with Gasteiger partial charge in [0.25, 0.3) is 0 Å². The Morgan fingerprint density at radius 3 is 2.52 bits per heavy atom. The largest absolute Gasteiger partial charge is 0.481 e. The van der Waals surface area contributed by atoms with Gasteiger partial charge in [-0.3, -0.25) is 14.5 Å². The smallest absolute Gasteiger partial charge is 0.304 e. The van der Waals surface area contributed by atoms with E-state index in [0.29, 0.717) is 18.7 Å². The van der Waals surface area contributed by atoms with Crippen molar-refractivity contribution in [3.8, 4) is 0 Å². The first kappa shape index (κ1) is 21.3. The number of hydrogen-bond acceptors (Lipinski definition) is 5. The van der Waals surface area contributed by atoms with Crippen LogP contribution in [-0.4, -0.2) is 67.8 Å². The lowest BCUT2D eigenvalue weighted by atomic mass is 10.2. The molecule has 1 aliphatic heterocycles. The Morgan fingerprint density at radius 1 is 1.19 bits per heavy atom. The quantitative estimate of drug-likeness (QED) is 0.641. The number of rotatable bonds is 9. The molecular weight excluding hydrogens is 370 g/mol. The molecule has 0 aliphatic carbocycles. The summed E-state index contributed by atoms with van der Waals surface area (Å²) in [5.41, 5.74) is 0.546. The molecule has 0 saturated carbocycles. The van der Waals surface area contributed by atoms with Crippen LogP contribution in [-0.2, 0) is 26.2 Å².